The summed E-state index contributed by atoms with van der Waals surface area (Å²) in [7, 11) is 0. The fourth-order valence-corrected chi connectivity index (χ4v) is 4.17. The van der Waals surface area contributed by atoms with Gasteiger partial charge in [0.1, 0.15) is 11.4 Å². The number of hydrogen-bond acceptors (Lipinski definition) is 8. The molecule has 1 fully saturated rings. The van der Waals surface area contributed by atoms with Gasteiger partial charge in [0, 0.05) is 37.1 Å². The summed E-state index contributed by atoms with van der Waals surface area (Å²) < 4.78 is 16.3. The van der Waals surface area contributed by atoms with Gasteiger partial charge in [0.2, 0.25) is 11.3 Å². The highest BCUT2D eigenvalue weighted by molar-refractivity contribution is 7.12. The predicted molar refractivity (Wildman–Crippen MR) is 118 cm³/mol. The van der Waals surface area contributed by atoms with Crippen LogP contribution in [0.3, 0.4) is 0 Å². The van der Waals surface area contributed by atoms with Gasteiger partial charge in [-0.25, -0.2) is 24.1 Å². The average molecular weight is 466 g/mol. The monoisotopic (exact) mass is 466 g/mol. The molecule has 0 radical (unpaired) electrons. The number of aromatic nitrogens is 4. The fourth-order valence-electron chi connectivity index (χ4n) is 3.55. The number of pyridine rings is 3. The highest BCUT2D eigenvalue weighted by atomic mass is 32.1. The van der Waals surface area contributed by atoms with Gasteiger partial charge in [0.15, 0.2) is 22.4 Å². The van der Waals surface area contributed by atoms with E-state index in [9.17, 15) is 23.9 Å². The molecular formula is C21H15FN6O4S. The molecule has 1 aliphatic heterocycles. The number of halogens is 1. The van der Waals surface area contributed by atoms with E-state index in [-0.39, 0.29) is 41.8 Å². The van der Waals surface area contributed by atoms with Crippen molar-refractivity contribution in [2.45, 2.75) is 0 Å². The van der Waals surface area contributed by atoms with Crippen molar-refractivity contribution in [1.29, 1.82) is 0 Å². The van der Waals surface area contributed by atoms with Gasteiger partial charge in [0.05, 0.1) is 11.3 Å². The number of carboxylic acid groups (broad SMARTS) is 1. The Kier molecular flexibility index (Phi) is 5.05. The number of carboxylic acids is 1. The molecule has 5 rings (SSSR count). The van der Waals surface area contributed by atoms with E-state index in [4.69, 9.17) is 0 Å². The molecule has 5 heterocycles. The van der Waals surface area contributed by atoms with Gasteiger partial charge in [0.25, 0.3) is 0 Å². The van der Waals surface area contributed by atoms with Gasteiger partial charge in [-0.05, 0) is 18.2 Å². The van der Waals surface area contributed by atoms with E-state index in [0.717, 1.165) is 12.3 Å². The van der Waals surface area contributed by atoms with E-state index in [1.165, 1.54) is 22.1 Å². The Bertz CT molecular complexity index is 1430. The van der Waals surface area contributed by atoms with E-state index < -0.39 is 22.8 Å². The third kappa shape index (κ3) is 3.69. The molecular weight excluding hydrogens is 451 g/mol. The number of nitrogens with one attached hydrogen (secondary N) is 1. The molecule has 166 valence electrons. The maximum atomic E-state index is 14.9. The number of amides is 1. The second kappa shape index (κ2) is 8.06. The van der Waals surface area contributed by atoms with Crippen molar-refractivity contribution in [2.75, 3.05) is 23.3 Å². The molecule has 4 aromatic rings. The van der Waals surface area contributed by atoms with Crippen LogP contribution >= 0.6 is 11.3 Å². The predicted octanol–water partition coefficient (Wildman–Crippen LogP) is 2.15. The van der Waals surface area contributed by atoms with E-state index >= 15 is 0 Å². The first-order chi connectivity index (χ1) is 15.9. The number of carbonyl (C=O) groups excluding carboxylic acids is 1. The summed E-state index contributed by atoms with van der Waals surface area (Å²) >= 11 is 1.21. The molecule has 0 unspecified atom stereocenters. The number of rotatable bonds is 5. The summed E-state index contributed by atoms with van der Waals surface area (Å²) in [5, 5.41) is 14.0. The molecule has 4 aromatic heterocycles. The largest absolute Gasteiger partial charge is 0.477 e. The van der Waals surface area contributed by atoms with Crippen molar-refractivity contribution in [3.63, 3.8) is 0 Å². The zero-order valence-electron chi connectivity index (χ0n) is 16.8. The molecule has 0 bridgehead atoms. The van der Waals surface area contributed by atoms with E-state index in [1.807, 2.05) is 0 Å². The first kappa shape index (κ1) is 20.7. The summed E-state index contributed by atoms with van der Waals surface area (Å²) in [6.07, 6.45) is 4.23. The zero-order chi connectivity index (χ0) is 23.1. The molecule has 12 heteroatoms. The summed E-state index contributed by atoms with van der Waals surface area (Å²) in [6.45, 7) is 0.450. The second-order valence-corrected chi connectivity index (χ2v) is 8.21. The number of nitrogens with zero attached hydrogens (tertiary/aromatic N) is 5. The highest BCUT2D eigenvalue weighted by Gasteiger charge is 2.35. The topological polar surface area (TPSA) is 130 Å². The van der Waals surface area contributed by atoms with Gasteiger partial charge in [-0.15, -0.1) is 11.3 Å². The molecule has 0 saturated carbocycles. The van der Waals surface area contributed by atoms with E-state index in [2.05, 4.69) is 20.3 Å². The lowest BCUT2D eigenvalue weighted by Gasteiger charge is -2.39. The molecule has 1 saturated heterocycles. The Hall–Kier alpha value is -4.19. The molecule has 0 atom stereocenters. The molecule has 1 aliphatic rings. The average Bonchev–Trinajstić information content (AvgIpc) is 3.29. The van der Waals surface area contributed by atoms with Gasteiger partial charge >= 0.3 is 5.97 Å². The van der Waals surface area contributed by atoms with Crippen LogP contribution in [-0.4, -0.2) is 49.6 Å². The van der Waals surface area contributed by atoms with Gasteiger partial charge in [-0.1, -0.05) is 6.07 Å². The standard InChI is InChI=1S/C21H15FN6O4S/c22-14-7-12-16(29)13(20(31)32)10-28(21-24-5-6-33-21)17(12)26-18(14)27-8-11(9-27)19(30)25-15-3-1-2-4-23-15/h1-7,10-11H,8-9H2,(H,31,32)(H,23,25,30). The molecule has 1 amide bonds. The lowest BCUT2D eigenvalue weighted by Crippen LogP contribution is -2.52. The normalized spacial score (nSPS) is 13.7. The molecule has 10 nitrogen and oxygen atoms in total. The van der Waals surface area contributed by atoms with Crippen LogP contribution in [-0.2, 0) is 4.79 Å². The Balaban J connectivity index is 1.48. The number of carbonyl (C=O) groups is 2. The Morgan fingerprint density at radius 2 is 2.03 bits per heavy atom. The lowest BCUT2D eigenvalue weighted by molar-refractivity contribution is -0.120. The molecule has 0 spiro atoms. The SMILES string of the molecule is O=C(O)c1cn(-c2nccs2)c2nc(N3CC(C(=O)Nc4ccccn4)C3)c(F)cc2c1=O. The summed E-state index contributed by atoms with van der Waals surface area (Å²) in [5.74, 6) is -2.44. The maximum Gasteiger partial charge on any atom is 0.341 e. The van der Waals surface area contributed by atoms with Crippen molar-refractivity contribution >= 4 is 45.9 Å². The number of hydrogen-bond donors (Lipinski definition) is 2. The lowest BCUT2D eigenvalue weighted by atomic mass is 9.99. The minimum absolute atomic E-state index is 0.0304. The molecule has 33 heavy (non-hydrogen) atoms. The smallest absolute Gasteiger partial charge is 0.341 e. The van der Waals surface area contributed by atoms with Crippen LogP contribution in [0, 0.1) is 11.7 Å². The summed E-state index contributed by atoms with van der Waals surface area (Å²) in [5.41, 5.74) is -1.26. The van der Waals surface area contributed by atoms with Crippen LogP contribution in [0.2, 0.25) is 0 Å². The maximum absolute atomic E-state index is 14.9. The third-order valence-electron chi connectivity index (χ3n) is 5.24. The number of thiazole rings is 1. The minimum Gasteiger partial charge on any atom is -0.477 e. The van der Waals surface area contributed by atoms with Gasteiger partial charge in [-0.3, -0.25) is 14.2 Å². The minimum atomic E-state index is -1.43. The van der Waals surface area contributed by atoms with Crippen LogP contribution in [0.25, 0.3) is 16.2 Å². The molecule has 0 aromatic carbocycles. The van der Waals surface area contributed by atoms with Crippen molar-refractivity contribution in [3.8, 4) is 5.13 Å². The molecule has 2 N–H and O–H groups in total. The number of anilines is 2. The Labute approximate surface area is 189 Å². The number of aromatic carboxylic acids is 1. The van der Waals surface area contributed by atoms with Crippen molar-refractivity contribution in [2.24, 2.45) is 5.92 Å². The van der Waals surface area contributed by atoms with Crippen LogP contribution in [0.5, 0.6) is 0 Å². The fraction of sp³-hybridized carbons (Fsp3) is 0.143. The first-order valence-corrected chi connectivity index (χ1v) is 10.7. The van der Waals surface area contributed by atoms with Crippen molar-refractivity contribution < 1.29 is 19.1 Å². The van der Waals surface area contributed by atoms with Crippen LogP contribution in [0.1, 0.15) is 10.4 Å². The zero-order valence-corrected chi connectivity index (χ0v) is 17.6. The number of fused-ring (bicyclic) bond motifs is 1. The highest BCUT2D eigenvalue weighted by Crippen LogP contribution is 2.29. The van der Waals surface area contributed by atoms with Gasteiger partial charge < -0.3 is 15.3 Å². The van der Waals surface area contributed by atoms with E-state index in [1.54, 1.807) is 34.7 Å². The molecule has 0 aliphatic carbocycles. The second-order valence-electron chi connectivity index (χ2n) is 7.33. The van der Waals surface area contributed by atoms with Crippen molar-refractivity contribution in [3.05, 3.63) is 69.8 Å². The first-order valence-electron chi connectivity index (χ1n) is 9.78. The van der Waals surface area contributed by atoms with Crippen LogP contribution < -0.4 is 15.6 Å². The Morgan fingerprint density at radius 1 is 1.21 bits per heavy atom. The third-order valence-corrected chi connectivity index (χ3v) is 6.01. The summed E-state index contributed by atoms with van der Waals surface area (Å²) in [4.78, 5) is 50.7. The van der Waals surface area contributed by atoms with Crippen LogP contribution in [0.4, 0.5) is 16.0 Å². The Morgan fingerprint density at radius 3 is 2.70 bits per heavy atom. The summed E-state index contributed by atoms with van der Waals surface area (Å²) in [6, 6.07) is 6.14. The quantitative estimate of drug-likeness (QED) is 0.458. The van der Waals surface area contributed by atoms with E-state index in [0.29, 0.717) is 10.9 Å². The van der Waals surface area contributed by atoms with Crippen molar-refractivity contribution in [1.82, 2.24) is 19.5 Å². The van der Waals surface area contributed by atoms with Gasteiger partial charge in [-0.2, -0.15) is 0 Å². The van der Waals surface area contributed by atoms with Crippen LogP contribution in [0.15, 0.2) is 53.0 Å².